The second-order valence-corrected chi connectivity index (χ2v) is 7.67. The minimum Gasteiger partial charge on any atom is -0.463 e. The summed E-state index contributed by atoms with van der Waals surface area (Å²) in [7, 11) is 0. The number of hydrogen-bond donors (Lipinski definition) is 0. The predicted molar refractivity (Wildman–Crippen MR) is 104 cm³/mol. The van der Waals surface area contributed by atoms with Crippen LogP contribution in [0.4, 0.5) is 0 Å². The van der Waals surface area contributed by atoms with E-state index in [1.54, 1.807) is 0 Å². The molecule has 0 aliphatic carbocycles. The summed E-state index contributed by atoms with van der Waals surface area (Å²) in [6.07, 6.45) is -4.33. The second-order valence-electron chi connectivity index (χ2n) is 6.50. The Morgan fingerprint density at radius 3 is 1.87 bits per heavy atom. The van der Waals surface area contributed by atoms with Gasteiger partial charge in [-0.15, -0.1) is 0 Å². The highest BCUT2D eigenvalue weighted by Crippen LogP contribution is 2.37. The molecule has 1 heterocycles. The highest BCUT2D eigenvalue weighted by atomic mass is 32.2. The van der Waals surface area contributed by atoms with Crippen LogP contribution in [0.3, 0.4) is 0 Å². The molecule has 0 spiro atoms. The van der Waals surface area contributed by atoms with Crippen LogP contribution in [0.15, 0.2) is 35.2 Å². The van der Waals surface area contributed by atoms with E-state index in [4.69, 9.17) is 23.7 Å². The van der Waals surface area contributed by atoms with Crippen molar-refractivity contribution in [1.82, 2.24) is 0 Å². The van der Waals surface area contributed by atoms with E-state index in [2.05, 4.69) is 0 Å². The average Bonchev–Trinajstić information content (AvgIpc) is 2.64. The van der Waals surface area contributed by atoms with E-state index < -0.39 is 53.7 Å². The molecule has 0 aromatic heterocycles. The smallest absolute Gasteiger partial charge is 0.303 e. The molecule has 1 fully saturated rings. The van der Waals surface area contributed by atoms with E-state index in [0.29, 0.717) is 0 Å². The van der Waals surface area contributed by atoms with Gasteiger partial charge in [-0.05, 0) is 12.1 Å². The first-order chi connectivity index (χ1) is 14.2. The Balaban J connectivity index is 2.42. The van der Waals surface area contributed by atoms with Crippen molar-refractivity contribution in [1.29, 1.82) is 0 Å². The molecule has 1 aliphatic rings. The summed E-state index contributed by atoms with van der Waals surface area (Å²) in [5, 5.41) is 0. The van der Waals surface area contributed by atoms with E-state index >= 15 is 0 Å². The van der Waals surface area contributed by atoms with Crippen molar-refractivity contribution in [3.8, 4) is 0 Å². The minimum atomic E-state index is -1.16. The van der Waals surface area contributed by atoms with Crippen molar-refractivity contribution in [3.05, 3.63) is 30.3 Å². The first-order valence-electron chi connectivity index (χ1n) is 9.19. The maximum atomic E-state index is 11.8. The highest BCUT2D eigenvalue weighted by molar-refractivity contribution is 7.99. The van der Waals surface area contributed by atoms with E-state index in [1.165, 1.54) is 39.5 Å². The Hall–Kier alpha value is -2.59. The summed E-state index contributed by atoms with van der Waals surface area (Å²) in [5.74, 6) is -2.51. The van der Waals surface area contributed by atoms with E-state index in [0.717, 1.165) is 4.90 Å². The first kappa shape index (κ1) is 23.7. The standard InChI is InChI=1S/C20H24O9S/c1-11(21)25-10-16-17(26-12(2)22)18(27-13(3)23)19(28-14(4)24)20(29-16)30-15-8-6-5-7-9-15/h5-9,16-20H,10H2,1-4H3/t16-,17+,18+,19+,20+/m1/s1. The van der Waals surface area contributed by atoms with Gasteiger partial charge in [0.2, 0.25) is 0 Å². The lowest BCUT2D eigenvalue weighted by molar-refractivity contribution is -0.237. The lowest BCUT2D eigenvalue weighted by atomic mass is 9.99. The molecule has 0 N–H and O–H groups in total. The number of rotatable bonds is 7. The van der Waals surface area contributed by atoms with Gasteiger partial charge >= 0.3 is 23.9 Å². The van der Waals surface area contributed by atoms with Crippen LogP contribution in [-0.2, 0) is 42.9 Å². The molecule has 10 heteroatoms. The number of ether oxygens (including phenoxy) is 5. The zero-order chi connectivity index (χ0) is 22.3. The van der Waals surface area contributed by atoms with Crippen molar-refractivity contribution >= 4 is 35.6 Å². The van der Waals surface area contributed by atoms with E-state index in [-0.39, 0.29) is 6.61 Å². The van der Waals surface area contributed by atoms with Crippen molar-refractivity contribution in [2.24, 2.45) is 0 Å². The van der Waals surface area contributed by atoms with Crippen molar-refractivity contribution < 1.29 is 42.9 Å². The van der Waals surface area contributed by atoms with Gasteiger partial charge in [0, 0.05) is 32.6 Å². The predicted octanol–water partition coefficient (Wildman–Crippen LogP) is 1.86. The SMILES string of the molecule is CC(=O)OC[C@H]1O[C@@H](Sc2ccccc2)[C@@H](OC(C)=O)[C@@H](OC(C)=O)[C@H]1OC(C)=O. The third-order valence-electron chi connectivity index (χ3n) is 3.94. The van der Waals surface area contributed by atoms with Crippen molar-refractivity contribution in [2.75, 3.05) is 6.61 Å². The summed E-state index contributed by atoms with van der Waals surface area (Å²) >= 11 is 1.23. The normalized spacial score (nSPS) is 25.7. The van der Waals surface area contributed by atoms with Crippen LogP contribution < -0.4 is 0 Å². The zero-order valence-corrected chi connectivity index (χ0v) is 17.9. The molecule has 0 unspecified atom stereocenters. The van der Waals surface area contributed by atoms with Gasteiger partial charge in [-0.1, -0.05) is 30.0 Å². The highest BCUT2D eigenvalue weighted by Gasteiger charge is 2.52. The number of thioether (sulfide) groups is 1. The average molecular weight is 440 g/mol. The van der Waals surface area contributed by atoms with Gasteiger partial charge in [-0.3, -0.25) is 19.2 Å². The largest absolute Gasteiger partial charge is 0.463 e. The fourth-order valence-electron chi connectivity index (χ4n) is 2.92. The Bertz CT molecular complexity index is 767. The Morgan fingerprint density at radius 2 is 1.33 bits per heavy atom. The van der Waals surface area contributed by atoms with Crippen LogP contribution >= 0.6 is 11.8 Å². The first-order valence-corrected chi connectivity index (χ1v) is 10.1. The van der Waals surface area contributed by atoms with Crippen molar-refractivity contribution in [3.63, 3.8) is 0 Å². The molecule has 2 rings (SSSR count). The van der Waals surface area contributed by atoms with Gasteiger partial charge in [0.1, 0.15) is 18.1 Å². The second kappa shape index (κ2) is 11.0. The number of benzene rings is 1. The van der Waals surface area contributed by atoms with Gasteiger partial charge < -0.3 is 23.7 Å². The van der Waals surface area contributed by atoms with Crippen LogP contribution in [0.1, 0.15) is 27.7 Å². The summed E-state index contributed by atoms with van der Waals surface area (Å²) < 4.78 is 27.2. The zero-order valence-electron chi connectivity index (χ0n) is 17.1. The molecule has 164 valence electrons. The lowest BCUT2D eigenvalue weighted by Crippen LogP contribution is -2.61. The van der Waals surface area contributed by atoms with Crippen LogP contribution in [0.5, 0.6) is 0 Å². The third-order valence-corrected chi connectivity index (χ3v) is 5.10. The molecule has 0 radical (unpaired) electrons. The van der Waals surface area contributed by atoms with Gasteiger partial charge in [0.15, 0.2) is 18.3 Å². The van der Waals surface area contributed by atoms with Crippen LogP contribution in [0.2, 0.25) is 0 Å². The molecule has 1 aromatic rings. The fourth-order valence-corrected chi connectivity index (χ4v) is 4.04. The number of carbonyl (C=O) groups is 4. The molecule has 1 aromatic carbocycles. The number of hydrogen-bond acceptors (Lipinski definition) is 10. The molecule has 0 bridgehead atoms. The molecule has 0 amide bonds. The molecular weight excluding hydrogens is 416 g/mol. The third kappa shape index (κ3) is 7.03. The monoisotopic (exact) mass is 440 g/mol. The molecule has 0 saturated carbocycles. The summed E-state index contributed by atoms with van der Waals surface area (Å²) in [5.41, 5.74) is -0.826. The Kier molecular flexibility index (Phi) is 8.67. The molecule has 1 aliphatic heterocycles. The van der Waals surface area contributed by atoms with E-state index in [1.807, 2.05) is 30.3 Å². The molecule has 30 heavy (non-hydrogen) atoms. The van der Waals surface area contributed by atoms with Gasteiger partial charge in [-0.25, -0.2) is 0 Å². The molecular formula is C20H24O9S. The maximum absolute atomic E-state index is 11.8. The van der Waals surface area contributed by atoms with Crippen LogP contribution in [-0.4, -0.2) is 60.3 Å². The quantitative estimate of drug-likeness (QED) is 0.460. The Labute approximate surface area is 178 Å². The van der Waals surface area contributed by atoms with Gasteiger partial charge in [-0.2, -0.15) is 0 Å². The summed E-state index contributed by atoms with van der Waals surface area (Å²) in [6.45, 7) is 4.56. The topological polar surface area (TPSA) is 114 Å². The van der Waals surface area contributed by atoms with Gasteiger partial charge in [0.05, 0.1) is 0 Å². The van der Waals surface area contributed by atoms with E-state index in [9.17, 15) is 19.2 Å². The number of carbonyl (C=O) groups excluding carboxylic acids is 4. The summed E-state index contributed by atoms with van der Waals surface area (Å²) in [6, 6.07) is 9.16. The van der Waals surface area contributed by atoms with Crippen molar-refractivity contribution in [2.45, 2.75) is 62.4 Å². The minimum absolute atomic E-state index is 0.246. The van der Waals surface area contributed by atoms with Crippen LogP contribution in [0, 0.1) is 0 Å². The molecule has 5 atom stereocenters. The maximum Gasteiger partial charge on any atom is 0.303 e. The summed E-state index contributed by atoms with van der Waals surface area (Å²) in [4.78, 5) is 47.3. The number of esters is 4. The molecule has 9 nitrogen and oxygen atoms in total. The molecule has 1 saturated heterocycles. The Morgan fingerprint density at radius 1 is 0.800 bits per heavy atom. The van der Waals surface area contributed by atoms with Gasteiger partial charge in [0.25, 0.3) is 0 Å². The van der Waals surface area contributed by atoms with Crippen LogP contribution in [0.25, 0.3) is 0 Å². The lowest BCUT2D eigenvalue weighted by Gasteiger charge is -2.44. The fraction of sp³-hybridized carbons (Fsp3) is 0.500.